The van der Waals surface area contributed by atoms with E-state index in [2.05, 4.69) is 16.0 Å². The van der Waals surface area contributed by atoms with Crippen molar-refractivity contribution in [3.63, 3.8) is 0 Å². The van der Waals surface area contributed by atoms with E-state index in [9.17, 15) is 14.4 Å². The van der Waals surface area contributed by atoms with Gasteiger partial charge in [-0.25, -0.2) is 9.59 Å². The topological polar surface area (TPSA) is 113 Å². The lowest BCUT2D eigenvalue weighted by Gasteiger charge is -2.06. The van der Waals surface area contributed by atoms with Crippen molar-refractivity contribution in [2.75, 3.05) is 18.1 Å². The summed E-state index contributed by atoms with van der Waals surface area (Å²) in [5.41, 5.74) is 4.86. The number of imide groups is 1. The van der Waals surface area contributed by atoms with Gasteiger partial charge in [-0.15, -0.1) is 0 Å². The fraction of sp³-hybridized carbons (Fsp3) is 0.571. The monoisotopic (exact) mass is 232 g/mol. The van der Waals surface area contributed by atoms with Gasteiger partial charge in [0.2, 0.25) is 0 Å². The highest BCUT2D eigenvalue weighted by atomic mass is 32.2. The predicted molar refractivity (Wildman–Crippen MR) is 55.4 cm³/mol. The first kappa shape index (κ1) is 11.6. The third kappa shape index (κ3) is 4.07. The zero-order chi connectivity index (χ0) is 11.3. The Bertz CT molecular complexity index is 283. The maximum absolute atomic E-state index is 11.1. The molecule has 0 aliphatic carbocycles. The molecule has 0 saturated carbocycles. The molecule has 1 fully saturated rings. The number of urea groups is 2. The van der Waals surface area contributed by atoms with E-state index in [0.29, 0.717) is 18.1 Å². The number of nitrogens with two attached hydrogens (primary N) is 1. The average molecular weight is 232 g/mol. The SMILES string of the molecule is NC(=O)NCCSCC1NC(=O)NC1=O. The van der Waals surface area contributed by atoms with Crippen molar-refractivity contribution in [2.45, 2.75) is 6.04 Å². The van der Waals surface area contributed by atoms with Crippen LogP contribution in [-0.2, 0) is 4.79 Å². The molecule has 8 heteroatoms. The molecule has 1 heterocycles. The van der Waals surface area contributed by atoms with E-state index in [1.807, 2.05) is 0 Å². The summed E-state index contributed by atoms with van der Waals surface area (Å²) in [6.07, 6.45) is 0. The lowest BCUT2D eigenvalue weighted by molar-refractivity contribution is -0.119. The van der Waals surface area contributed by atoms with Crippen molar-refractivity contribution in [2.24, 2.45) is 5.73 Å². The third-order valence-corrected chi connectivity index (χ3v) is 2.75. The number of hydrogen-bond acceptors (Lipinski definition) is 4. The first-order valence-corrected chi connectivity index (χ1v) is 5.47. The van der Waals surface area contributed by atoms with Crippen molar-refractivity contribution >= 4 is 29.7 Å². The van der Waals surface area contributed by atoms with Crippen molar-refractivity contribution in [1.82, 2.24) is 16.0 Å². The highest BCUT2D eigenvalue weighted by Gasteiger charge is 2.28. The standard InChI is InChI=1S/C7H12N4O3S/c8-6(13)9-1-2-15-3-4-5(12)11-7(14)10-4/h4H,1-3H2,(H3,8,9,13)(H2,10,11,12,14). The van der Waals surface area contributed by atoms with E-state index < -0.39 is 18.1 Å². The molecule has 7 nitrogen and oxygen atoms in total. The Morgan fingerprint density at radius 1 is 1.53 bits per heavy atom. The van der Waals surface area contributed by atoms with Gasteiger partial charge >= 0.3 is 12.1 Å². The summed E-state index contributed by atoms with van der Waals surface area (Å²) < 4.78 is 0. The van der Waals surface area contributed by atoms with Gasteiger partial charge < -0.3 is 16.4 Å². The number of thioether (sulfide) groups is 1. The van der Waals surface area contributed by atoms with E-state index in [-0.39, 0.29) is 5.91 Å². The Morgan fingerprint density at radius 2 is 2.27 bits per heavy atom. The number of primary amides is 1. The van der Waals surface area contributed by atoms with Crippen molar-refractivity contribution in [1.29, 1.82) is 0 Å². The van der Waals surface area contributed by atoms with Crippen molar-refractivity contribution < 1.29 is 14.4 Å². The molecule has 15 heavy (non-hydrogen) atoms. The molecule has 0 bridgehead atoms. The second-order valence-corrected chi connectivity index (χ2v) is 4.03. The maximum atomic E-state index is 11.1. The summed E-state index contributed by atoms with van der Waals surface area (Å²) >= 11 is 1.45. The minimum atomic E-state index is -0.567. The molecule has 1 aliphatic rings. The quantitative estimate of drug-likeness (QED) is 0.344. The molecule has 1 saturated heterocycles. The fourth-order valence-electron chi connectivity index (χ4n) is 1.02. The molecule has 5 N–H and O–H groups in total. The highest BCUT2D eigenvalue weighted by Crippen LogP contribution is 2.04. The van der Waals surface area contributed by atoms with Gasteiger partial charge in [0.05, 0.1) is 0 Å². The molecule has 0 spiro atoms. The smallest absolute Gasteiger partial charge is 0.322 e. The van der Waals surface area contributed by atoms with Gasteiger partial charge in [-0.3, -0.25) is 10.1 Å². The molecular weight excluding hydrogens is 220 g/mol. The van der Waals surface area contributed by atoms with Crippen LogP contribution >= 0.6 is 11.8 Å². The Labute approximate surface area is 90.5 Å². The molecular formula is C7H12N4O3S. The zero-order valence-corrected chi connectivity index (χ0v) is 8.73. The van der Waals surface area contributed by atoms with Gasteiger partial charge in [0.25, 0.3) is 5.91 Å². The lowest BCUT2D eigenvalue weighted by Crippen LogP contribution is -2.33. The minimum Gasteiger partial charge on any atom is -0.352 e. The molecule has 5 amide bonds. The molecule has 0 aromatic rings. The van der Waals surface area contributed by atoms with Gasteiger partial charge in [-0.2, -0.15) is 11.8 Å². The van der Waals surface area contributed by atoms with Crippen LogP contribution in [-0.4, -0.2) is 42.1 Å². The minimum absolute atomic E-state index is 0.310. The van der Waals surface area contributed by atoms with E-state index >= 15 is 0 Å². The average Bonchev–Trinajstić information content (AvgIpc) is 2.44. The van der Waals surface area contributed by atoms with Crippen LogP contribution in [0.25, 0.3) is 0 Å². The molecule has 84 valence electrons. The summed E-state index contributed by atoms with van der Waals surface area (Å²) in [7, 11) is 0. The maximum Gasteiger partial charge on any atom is 0.322 e. The highest BCUT2D eigenvalue weighted by molar-refractivity contribution is 7.99. The summed E-state index contributed by atoms with van der Waals surface area (Å²) in [6, 6.07) is -1.50. The Kier molecular flexibility index (Phi) is 4.22. The lowest BCUT2D eigenvalue weighted by atomic mass is 10.3. The first-order valence-electron chi connectivity index (χ1n) is 4.32. The number of amides is 5. The molecule has 0 aromatic carbocycles. The van der Waals surface area contributed by atoms with E-state index in [0.717, 1.165) is 0 Å². The molecule has 0 radical (unpaired) electrons. The summed E-state index contributed by atoms with van der Waals surface area (Å²) in [6.45, 7) is 0.447. The summed E-state index contributed by atoms with van der Waals surface area (Å²) in [4.78, 5) is 32.1. The van der Waals surface area contributed by atoms with E-state index in [1.54, 1.807) is 0 Å². The van der Waals surface area contributed by atoms with E-state index in [1.165, 1.54) is 11.8 Å². The zero-order valence-electron chi connectivity index (χ0n) is 7.91. The molecule has 1 unspecified atom stereocenters. The Hall–Kier alpha value is -1.44. The van der Waals surface area contributed by atoms with Gasteiger partial charge in [0.1, 0.15) is 6.04 Å². The summed E-state index contributed by atoms with van der Waals surface area (Å²) in [5, 5.41) is 7.03. The number of rotatable bonds is 5. The second kappa shape index (κ2) is 5.44. The molecule has 1 atom stereocenters. The van der Waals surface area contributed by atoms with Crippen LogP contribution in [0.5, 0.6) is 0 Å². The van der Waals surface area contributed by atoms with Crippen LogP contribution in [0.4, 0.5) is 9.59 Å². The first-order chi connectivity index (χ1) is 7.09. The number of hydrogen-bond donors (Lipinski definition) is 4. The van der Waals surface area contributed by atoms with Crippen LogP contribution in [0.1, 0.15) is 0 Å². The van der Waals surface area contributed by atoms with Gasteiger partial charge in [0.15, 0.2) is 0 Å². The predicted octanol–water partition coefficient (Wildman–Crippen LogP) is -1.40. The molecule has 1 aliphatic heterocycles. The fourth-order valence-corrected chi connectivity index (χ4v) is 1.91. The normalized spacial score (nSPS) is 19.6. The van der Waals surface area contributed by atoms with Gasteiger partial charge in [-0.1, -0.05) is 0 Å². The van der Waals surface area contributed by atoms with Crippen LogP contribution in [0, 0.1) is 0 Å². The second-order valence-electron chi connectivity index (χ2n) is 2.88. The number of carbonyl (C=O) groups excluding carboxylic acids is 3. The van der Waals surface area contributed by atoms with Crippen LogP contribution in [0.3, 0.4) is 0 Å². The van der Waals surface area contributed by atoms with Gasteiger partial charge in [-0.05, 0) is 0 Å². The van der Waals surface area contributed by atoms with Crippen LogP contribution < -0.4 is 21.7 Å². The van der Waals surface area contributed by atoms with Gasteiger partial charge in [0, 0.05) is 18.1 Å². The van der Waals surface area contributed by atoms with Crippen molar-refractivity contribution in [3.8, 4) is 0 Å². The molecule has 0 aromatic heterocycles. The number of nitrogens with one attached hydrogen (secondary N) is 3. The van der Waals surface area contributed by atoms with Crippen LogP contribution in [0.15, 0.2) is 0 Å². The Balaban J connectivity index is 2.08. The third-order valence-electron chi connectivity index (χ3n) is 1.69. The number of carbonyl (C=O) groups is 3. The van der Waals surface area contributed by atoms with E-state index in [4.69, 9.17) is 5.73 Å². The van der Waals surface area contributed by atoms with Crippen LogP contribution in [0.2, 0.25) is 0 Å². The Morgan fingerprint density at radius 3 is 2.80 bits per heavy atom. The van der Waals surface area contributed by atoms with Crippen molar-refractivity contribution in [3.05, 3.63) is 0 Å². The molecule has 1 rings (SSSR count). The summed E-state index contributed by atoms with van der Waals surface area (Å²) in [5.74, 6) is 0.816. The largest absolute Gasteiger partial charge is 0.352 e.